The number of sulfonamides is 1. The molecule has 0 saturated heterocycles. The summed E-state index contributed by atoms with van der Waals surface area (Å²) in [6.45, 7) is -0.466. The van der Waals surface area contributed by atoms with Crippen LogP contribution in [-0.2, 0) is 21.4 Å². The van der Waals surface area contributed by atoms with Gasteiger partial charge in [0.25, 0.3) is 5.91 Å². The molecule has 0 aliphatic carbocycles. The van der Waals surface area contributed by atoms with Gasteiger partial charge >= 0.3 is 0 Å². The lowest BCUT2D eigenvalue weighted by atomic mass is 10.2. The van der Waals surface area contributed by atoms with Gasteiger partial charge in [0.1, 0.15) is 0 Å². The first-order valence-corrected chi connectivity index (χ1v) is 11.3. The van der Waals surface area contributed by atoms with Crippen molar-refractivity contribution < 1.29 is 13.2 Å². The van der Waals surface area contributed by atoms with Crippen LogP contribution in [0, 0.1) is 0 Å². The van der Waals surface area contributed by atoms with Gasteiger partial charge in [-0.3, -0.25) is 9.78 Å². The van der Waals surface area contributed by atoms with E-state index in [9.17, 15) is 13.2 Å². The van der Waals surface area contributed by atoms with Crippen molar-refractivity contribution in [2.24, 2.45) is 5.10 Å². The molecule has 0 atom stereocenters. The van der Waals surface area contributed by atoms with Crippen molar-refractivity contribution in [2.75, 3.05) is 6.54 Å². The maximum absolute atomic E-state index is 13.2. The van der Waals surface area contributed by atoms with Crippen molar-refractivity contribution in [3.8, 4) is 0 Å². The van der Waals surface area contributed by atoms with Crippen LogP contribution in [0.5, 0.6) is 0 Å². The largest absolute Gasteiger partial charge is 0.272 e. The van der Waals surface area contributed by atoms with Crippen LogP contribution in [0.1, 0.15) is 11.3 Å². The molecule has 1 N–H and O–H groups in total. The molecule has 2 aromatic carbocycles. The predicted molar refractivity (Wildman–Crippen MR) is 120 cm³/mol. The van der Waals surface area contributed by atoms with Crippen molar-refractivity contribution >= 4 is 45.3 Å². The zero-order chi connectivity index (χ0) is 22.3. The van der Waals surface area contributed by atoms with E-state index in [1.54, 1.807) is 48.7 Å². The lowest BCUT2D eigenvalue weighted by molar-refractivity contribution is -0.121. The number of carbonyl (C=O) groups is 1. The van der Waals surface area contributed by atoms with Crippen LogP contribution in [-0.4, -0.2) is 36.4 Å². The quantitative estimate of drug-likeness (QED) is 0.396. The Balaban J connectivity index is 1.79. The van der Waals surface area contributed by atoms with E-state index < -0.39 is 22.5 Å². The zero-order valence-electron chi connectivity index (χ0n) is 16.2. The van der Waals surface area contributed by atoms with Gasteiger partial charge < -0.3 is 0 Å². The molecule has 31 heavy (non-hydrogen) atoms. The fraction of sp³-hybridized carbons (Fsp3) is 0.0952. The molecule has 0 spiro atoms. The second-order valence-electron chi connectivity index (χ2n) is 6.40. The Morgan fingerprint density at radius 3 is 2.26 bits per heavy atom. The van der Waals surface area contributed by atoms with Gasteiger partial charge in [0.05, 0.1) is 23.3 Å². The molecule has 3 rings (SSSR count). The van der Waals surface area contributed by atoms with E-state index in [-0.39, 0.29) is 11.4 Å². The van der Waals surface area contributed by atoms with E-state index in [1.807, 2.05) is 0 Å². The van der Waals surface area contributed by atoms with Crippen molar-refractivity contribution in [3.63, 3.8) is 0 Å². The number of hydrazone groups is 1. The first-order valence-electron chi connectivity index (χ1n) is 9.08. The summed E-state index contributed by atoms with van der Waals surface area (Å²) in [5.41, 5.74) is 3.55. The highest BCUT2D eigenvalue weighted by Crippen LogP contribution is 2.21. The Bertz CT molecular complexity index is 1150. The number of pyridine rings is 1. The molecule has 0 radical (unpaired) electrons. The third-order valence-electron chi connectivity index (χ3n) is 4.12. The van der Waals surface area contributed by atoms with Gasteiger partial charge in [-0.25, -0.2) is 13.8 Å². The van der Waals surface area contributed by atoms with Crippen LogP contribution in [0.3, 0.4) is 0 Å². The molecule has 7 nitrogen and oxygen atoms in total. The number of aromatic nitrogens is 1. The first kappa shape index (κ1) is 22.9. The highest BCUT2D eigenvalue weighted by molar-refractivity contribution is 7.89. The summed E-state index contributed by atoms with van der Waals surface area (Å²) in [6, 6.07) is 17.7. The third kappa shape index (κ3) is 6.60. The van der Waals surface area contributed by atoms with E-state index in [2.05, 4.69) is 15.5 Å². The molecule has 10 heteroatoms. The molecule has 0 aliphatic heterocycles. The van der Waals surface area contributed by atoms with Gasteiger partial charge in [-0.1, -0.05) is 41.4 Å². The number of nitrogens with one attached hydrogen (secondary N) is 1. The van der Waals surface area contributed by atoms with E-state index in [0.717, 1.165) is 4.31 Å². The van der Waals surface area contributed by atoms with Gasteiger partial charge in [0.2, 0.25) is 10.0 Å². The molecule has 160 valence electrons. The smallest absolute Gasteiger partial charge is 0.255 e. The van der Waals surface area contributed by atoms with Gasteiger partial charge in [0.15, 0.2) is 0 Å². The van der Waals surface area contributed by atoms with Crippen LogP contribution in [0.2, 0.25) is 10.0 Å². The van der Waals surface area contributed by atoms with E-state index in [4.69, 9.17) is 23.2 Å². The summed E-state index contributed by atoms with van der Waals surface area (Å²) in [7, 11) is -3.98. The minimum atomic E-state index is -3.98. The second-order valence-corrected chi connectivity index (χ2v) is 9.21. The summed E-state index contributed by atoms with van der Waals surface area (Å²) in [6.07, 6.45) is 2.96. The van der Waals surface area contributed by atoms with Crippen molar-refractivity contribution in [3.05, 3.63) is 94.2 Å². The monoisotopic (exact) mass is 476 g/mol. The molecule has 0 unspecified atom stereocenters. The summed E-state index contributed by atoms with van der Waals surface area (Å²) in [4.78, 5) is 16.5. The molecule has 0 saturated carbocycles. The number of hydrogen-bond donors (Lipinski definition) is 1. The molecule has 0 fully saturated rings. The van der Waals surface area contributed by atoms with Crippen molar-refractivity contribution in [1.29, 1.82) is 0 Å². The zero-order valence-corrected chi connectivity index (χ0v) is 18.5. The number of amides is 1. The summed E-state index contributed by atoms with van der Waals surface area (Å²) >= 11 is 11.8. The van der Waals surface area contributed by atoms with Crippen LogP contribution in [0.15, 0.2) is 82.9 Å². The molecular formula is C21H18Cl2N4O3S. The lowest BCUT2D eigenvalue weighted by Crippen LogP contribution is -2.39. The average molecular weight is 477 g/mol. The number of rotatable bonds is 8. The third-order valence-corrected chi connectivity index (χ3v) is 6.43. The minimum absolute atomic E-state index is 0.0238. The number of halogens is 2. The minimum Gasteiger partial charge on any atom is -0.272 e. The number of nitrogens with zero attached hydrogens (tertiary/aromatic N) is 3. The Morgan fingerprint density at radius 2 is 1.65 bits per heavy atom. The lowest BCUT2D eigenvalue weighted by Gasteiger charge is -2.21. The number of benzene rings is 2. The highest BCUT2D eigenvalue weighted by atomic mass is 35.5. The normalized spacial score (nSPS) is 11.7. The predicted octanol–water partition coefficient (Wildman–Crippen LogP) is 3.73. The Kier molecular flexibility index (Phi) is 7.75. The van der Waals surface area contributed by atoms with Crippen LogP contribution in [0.25, 0.3) is 0 Å². The van der Waals surface area contributed by atoms with E-state index in [0.29, 0.717) is 21.3 Å². The molecule has 1 amide bonds. The standard InChI is InChI=1S/C21H18Cl2N4O3S/c22-17-6-4-16(5-7-17)14-27(31(29,30)20-10-8-18(23)9-11-20)15-21(28)26-25-13-19-3-1-2-12-24-19/h1-13H,14-15H2,(H,26,28)/b25-13-. The highest BCUT2D eigenvalue weighted by Gasteiger charge is 2.27. The number of carbonyl (C=O) groups excluding carboxylic acids is 1. The number of hydrogen-bond acceptors (Lipinski definition) is 5. The first-order chi connectivity index (χ1) is 14.8. The van der Waals surface area contributed by atoms with E-state index in [1.165, 1.54) is 30.5 Å². The fourth-order valence-electron chi connectivity index (χ4n) is 2.59. The summed E-state index contributed by atoms with van der Waals surface area (Å²) < 4.78 is 27.4. The molecule has 0 bridgehead atoms. The SMILES string of the molecule is O=C(CN(Cc1ccc(Cl)cc1)S(=O)(=O)c1ccc(Cl)cc1)N/N=C\c1ccccn1. The van der Waals surface area contributed by atoms with Crippen molar-refractivity contribution in [2.45, 2.75) is 11.4 Å². The Hall–Kier alpha value is -2.78. The fourth-order valence-corrected chi connectivity index (χ4v) is 4.23. The summed E-state index contributed by atoms with van der Waals surface area (Å²) in [5, 5.41) is 4.77. The Morgan fingerprint density at radius 1 is 1.00 bits per heavy atom. The van der Waals surface area contributed by atoms with Crippen LogP contribution >= 0.6 is 23.2 Å². The maximum Gasteiger partial charge on any atom is 0.255 e. The molecular weight excluding hydrogens is 459 g/mol. The van der Waals surface area contributed by atoms with Gasteiger partial charge in [-0.15, -0.1) is 0 Å². The van der Waals surface area contributed by atoms with Crippen LogP contribution < -0.4 is 5.43 Å². The Labute approximate surface area is 190 Å². The molecule has 1 aromatic heterocycles. The average Bonchev–Trinajstić information content (AvgIpc) is 2.76. The van der Waals surface area contributed by atoms with Gasteiger partial charge in [-0.05, 0) is 54.1 Å². The molecule has 1 heterocycles. The van der Waals surface area contributed by atoms with E-state index >= 15 is 0 Å². The van der Waals surface area contributed by atoms with Gasteiger partial charge in [-0.2, -0.15) is 9.41 Å². The van der Waals surface area contributed by atoms with Gasteiger partial charge in [0, 0.05) is 22.8 Å². The molecule has 0 aliphatic rings. The maximum atomic E-state index is 13.2. The van der Waals surface area contributed by atoms with Crippen LogP contribution in [0.4, 0.5) is 0 Å². The molecule has 3 aromatic rings. The van der Waals surface area contributed by atoms with Crippen molar-refractivity contribution in [1.82, 2.24) is 14.7 Å². The topological polar surface area (TPSA) is 91.7 Å². The second kappa shape index (κ2) is 10.5. The summed E-state index contributed by atoms with van der Waals surface area (Å²) in [5.74, 6) is -0.598.